The van der Waals surface area contributed by atoms with Crippen molar-refractivity contribution >= 4 is 27.5 Å². The van der Waals surface area contributed by atoms with Gasteiger partial charge in [0.15, 0.2) is 0 Å². The largest absolute Gasteiger partial charge is 0.490 e. The van der Waals surface area contributed by atoms with Crippen molar-refractivity contribution in [1.82, 2.24) is 0 Å². The fourth-order valence-electron chi connectivity index (χ4n) is 3.74. The molecule has 0 atom stereocenters. The van der Waals surface area contributed by atoms with Crippen LogP contribution >= 0.6 is 0 Å². The van der Waals surface area contributed by atoms with Crippen LogP contribution < -0.4 is 14.2 Å². The lowest BCUT2D eigenvalue weighted by molar-refractivity contribution is -0.139. The summed E-state index contributed by atoms with van der Waals surface area (Å²) in [6.07, 6.45) is 1.13. The van der Waals surface area contributed by atoms with Crippen LogP contribution in [0.1, 0.15) is 0 Å². The Balaban J connectivity index is 1.46. The van der Waals surface area contributed by atoms with Crippen LogP contribution in [-0.4, -0.2) is 45.6 Å². The zero-order valence-corrected chi connectivity index (χ0v) is 19.5. The lowest BCUT2D eigenvalue weighted by atomic mass is 10.0. The first-order valence-electron chi connectivity index (χ1n) is 11.5. The number of benzene rings is 4. The van der Waals surface area contributed by atoms with Gasteiger partial charge < -0.3 is 23.7 Å². The van der Waals surface area contributed by atoms with Gasteiger partial charge in [-0.05, 0) is 12.1 Å². The summed E-state index contributed by atoms with van der Waals surface area (Å²) < 4.78 is 28.7. The lowest BCUT2D eigenvalue weighted by Crippen LogP contribution is -2.13. The highest BCUT2D eigenvalue weighted by atomic mass is 16.6. The number of fused-ring (bicyclic) bond motifs is 2. The van der Waals surface area contributed by atoms with Crippen LogP contribution in [0.4, 0.5) is 0 Å². The first-order valence-corrected chi connectivity index (χ1v) is 11.5. The summed E-state index contributed by atoms with van der Waals surface area (Å²) in [4.78, 5) is 11.1. The van der Waals surface area contributed by atoms with Crippen LogP contribution in [0.15, 0.2) is 91.5 Å². The van der Waals surface area contributed by atoms with E-state index in [4.69, 9.17) is 23.7 Å². The zero-order valence-electron chi connectivity index (χ0n) is 19.5. The Morgan fingerprint density at radius 3 is 1.60 bits per heavy atom. The molecule has 6 nitrogen and oxygen atoms in total. The van der Waals surface area contributed by atoms with Crippen LogP contribution in [0.5, 0.6) is 17.2 Å². The molecule has 0 heterocycles. The van der Waals surface area contributed by atoms with E-state index in [9.17, 15) is 4.79 Å². The third kappa shape index (κ3) is 6.31. The molecule has 4 aromatic rings. The maximum absolute atomic E-state index is 11.1. The van der Waals surface area contributed by atoms with Crippen molar-refractivity contribution in [3.8, 4) is 17.2 Å². The molecule has 0 fully saturated rings. The molecule has 0 N–H and O–H groups in total. The molecule has 0 aliphatic carbocycles. The van der Waals surface area contributed by atoms with Gasteiger partial charge in [-0.25, -0.2) is 4.79 Å². The molecule has 180 valence electrons. The molecule has 0 aliphatic rings. The quantitative estimate of drug-likeness (QED) is 0.110. The van der Waals surface area contributed by atoms with Crippen LogP contribution in [0, 0.1) is 0 Å². The number of rotatable bonds is 13. The fourth-order valence-corrected chi connectivity index (χ4v) is 3.74. The predicted octanol–water partition coefficient (Wildman–Crippen LogP) is 5.58. The number of hydrogen-bond donors (Lipinski definition) is 0. The van der Waals surface area contributed by atoms with Gasteiger partial charge in [0, 0.05) is 27.6 Å². The van der Waals surface area contributed by atoms with Crippen LogP contribution in [-0.2, 0) is 14.3 Å². The molecular weight excluding hydrogens is 444 g/mol. The van der Waals surface area contributed by atoms with E-state index in [0.717, 1.165) is 44.9 Å². The molecule has 0 amide bonds. The monoisotopic (exact) mass is 472 g/mol. The molecule has 0 saturated heterocycles. The third-order valence-corrected chi connectivity index (χ3v) is 5.29. The summed E-state index contributed by atoms with van der Waals surface area (Å²) in [6.45, 7) is 5.40. The van der Waals surface area contributed by atoms with Crippen LogP contribution in [0.2, 0.25) is 0 Å². The number of ether oxygens (including phenoxy) is 5. The minimum atomic E-state index is -0.461. The molecule has 4 aromatic carbocycles. The summed E-state index contributed by atoms with van der Waals surface area (Å²) in [6, 6.07) is 25.8. The Kier molecular flexibility index (Phi) is 8.57. The van der Waals surface area contributed by atoms with Crippen LogP contribution in [0.3, 0.4) is 0 Å². The van der Waals surface area contributed by atoms with Crippen molar-refractivity contribution in [2.24, 2.45) is 0 Å². The first kappa shape index (κ1) is 24.1. The Labute approximate surface area is 204 Å². The van der Waals surface area contributed by atoms with Crippen molar-refractivity contribution in [2.45, 2.75) is 0 Å². The topological polar surface area (TPSA) is 63.2 Å². The molecule has 0 bridgehead atoms. The van der Waals surface area contributed by atoms with Gasteiger partial charge in [-0.2, -0.15) is 0 Å². The summed E-state index contributed by atoms with van der Waals surface area (Å²) in [5, 5.41) is 3.87. The molecule has 35 heavy (non-hydrogen) atoms. The van der Waals surface area contributed by atoms with Gasteiger partial charge in [0.1, 0.15) is 43.7 Å². The fraction of sp³-hybridized carbons (Fsp3) is 0.207. The second kappa shape index (κ2) is 12.4. The zero-order chi connectivity index (χ0) is 24.3. The maximum Gasteiger partial charge on any atom is 0.330 e. The Hall–Kier alpha value is -4.03. The van der Waals surface area contributed by atoms with Crippen molar-refractivity contribution in [3.05, 3.63) is 91.5 Å². The normalized spacial score (nSPS) is 10.7. The molecular formula is C29H28O6. The third-order valence-electron chi connectivity index (χ3n) is 5.29. The maximum atomic E-state index is 11.1. The number of carbonyl (C=O) groups is 1. The Bertz CT molecular complexity index is 1210. The number of para-hydroxylation sites is 1. The highest BCUT2D eigenvalue weighted by Crippen LogP contribution is 2.42. The van der Waals surface area contributed by atoms with Crippen molar-refractivity contribution in [2.75, 3.05) is 39.6 Å². The van der Waals surface area contributed by atoms with E-state index in [-0.39, 0.29) is 6.61 Å². The van der Waals surface area contributed by atoms with Gasteiger partial charge in [-0.3, -0.25) is 0 Å². The van der Waals surface area contributed by atoms with Gasteiger partial charge in [-0.15, -0.1) is 0 Å². The number of carbonyl (C=O) groups excluding carboxylic acids is 1. The second-order valence-electron chi connectivity index (χ2n) is 7.59. The minimum Gasteiger partial charge on any atom is -0.490 e. The molecule has 0 saturated carbocycles. The second-order valence-corrected chi connectivity index (χ2v) is 7.59. The summed E-state index contributed by atoms with van der Waals surface area (Å²) in [7, 11) is 0. The van der Waals surface area contributed by atoms with E-state index in [1.807, 2.05) is 78.9 Å². The first-order chi connectivity index (χ1) is 17.3. The van der Waals surface area contributed by atoms with Gasteiger partial charge >= 0.3 is 5.97 Å². The van der Waals surface area contributed by atoms with Gasteiger partial charge in [0.25, 0.3) is 0 Å². The standard InChI is InChI=1S/C29H28O6/c1-2-27(30)33-18-16-31-17-19-34-28-23-12-6-8-14-25(23)29(26-15-9-7-13-24(26)28)35-21-20-32-22-10-4-3-5-11-22/h2-15H,1,16-21H2. The van der Waals surface area contributed by atoms with Crippen molar-refractivity contribution in [1.29, 1.82) is 0 Å². The summed E-state index contributed by atoms with van der Waals surface area (Å²) in [5.74, 6) is 1.94. The van der Waals surface area contributed by atoms with E-state index >= 15 is 0 Å². The average Bonchev–Trinajstić information content (AvgIpc) is 2.91. The van der Waals surface area contributed by atoms with E-state index < -0.39 is 5.97 Å². The van der Waals surface area contributed by atoms with Gasteiger partial charge in [0.2, 0.25) is 0 Å². The molecule has 0 unspecified atom stereocenters. The Morgan fingerprint density at radius 2 is 1.06 bits per heavy atom. The lowest BCUT2D eigenvalue weighted by Gasteiger charge is -2.18. The summed E-state index contributed by atoms with van der Waals surface area (Å²) >= 11 is 0. The molecule has 0 aliphatic heterocycles. The number of esters is 1. The average molecular weight is 473 g/mol. The smallest absolute Gasteiger partial charge is 0.330 e. The highest BCUT2D eigenvalue weighted by molar-refractivity contribution is 6.11. The van der Waals surface area contributed by atoms with E-state index in [2.05, 4.69) is 6.58 Å². The van der Waals surface area contributed by atoms with Crippen LogP contribution in [0.25, 0.3) is 21.5 Å². The van der Waals surface area contributed by atoms with Crippen molar-refractivity contribution in [3.63, 3.8) is 0 Å². The van der Waals surface area contributed by atoms with Gasteiger partial charge in [0.05, 0.1) is 13.2 Å². The SMILES string of the molecule is C=CC(=O)OCCOCCOc1c2ccccc2c(OCCOc2ccccc2)c2ccccc12. The highest BCUT2D eigenvalue weighted by Gasteiger charge is 2.16. The van der Waals surface area contributed by atoms with Crippen molar-refractivity contribution < 1.29 is 28.5 Å². The van der Waals surface area contributed by atoms with E-state index in [1.54, 1.807) is 0 Å². The Morgan fingerprint density at radius 1 is 0.600 bits per heavy atom. The molecule has 0 radical (unpaired) electrons. The summed E-state index contributed by atoms with van der Waals surface area (Å²) in [5.41, 5.74) is 0. The molecule has 0 aromatic heterocycles. The molecule has 4 rings (SSSR count). The molecule has 0 spiro atoms. The predicted molar refractivity (Wildman–Crippen MR) is 136 cm³/mol. The van der Waals surface area contributed by atoms with E-state index in [0.29, 0.717) is 33.0 Å². The van der Waals surface area contributed by atoms with Gasteiger partial charge in [-0.1, -0.05) is 73.3 Å². The molecule has 6 heteroatoms. The van der Waals surface area contributed by atoms with E-state index in [1.165, 1.54) is 0 Å². The minimum absolute atomic E-state index is 0.177. The number of hydrogen-bond acceptors (Lipinski definition) is 6.